The Labute approximate surface area is 166 Å². The van der Waals surface area contributed by atoms with Crippen LogP contribution in [0, 0.1) is 11.6 Å². The van der Waals surface area contributed by atoms with Gasteiger partial charge < -0.3 is 10.1 Å². The molecule has 7 heteroatoms. The van der Waals surface area contributed by atoms with Crippen LogP contribution in [0.1, 0.15) is 31.1 Å². The number of benzene rings is 2. The van der Waals surface area contributed by atoms with Crippen LogP contribution in [0.25, 0.3) is 10.6 Å². The molecule has 0 bridgehead atoms. The van der Waals surface area contributed by atoms with Crippen molar-refractivity contribution in [3.05, 3.63) is 70.7 Å². The molecule has 1 atom stereocenters. The van der Waals surface area contributed by atoms with Gasteiger partial charge in [0.2, 0.25) is 5.91 Å². The molecular formula is C21H20F2N2O2S. The van der Waals surface area contributed by atoms with Gasteiger partial charge in [-0.1, -0.05) is 18.2 Å². The van der Waals surface area contributed by atoms with Gasteiger partial charge in [0, 0.05) is 5.38 Å². The average Bonchev–Trinajstić information content (AvgIpc) is 3.12. The Morgan fingerprint density at radius 2 is 2.00 bits per heavy atom. The summed E-state index contributed by atoms with van der Waals surface area (Å²) < 4.78 is 32.1. The molecule has 1 N–H and O–H groups in total. The lowest BCUT2D eigenvalue weighted by atomic mass is 10.1. The molecule has 0 spiro atoms. The van der Waals surface area contributed by atoms with Crippen molar-refractivity contribution in [3.8, 4) is 16.3 Å². The Bertz CT molecular complexity index is 975. The van der Waals surface area contributed by atoms with Gasteiger partial charge in [0.05, 0.1) is 30.3 Å². The molecule has 28 heavy (non-hydrogen) atoms. The van der Waals surface area contributed by atoms with E-state index >= 15 is 0 Å². The molecule has 0 aliphatic carbocycles. The molecule has 3 aromatic rings. The molecule has 1 amide bonds. The van der Waals surface area contributed by atoms with Gasteiger partial charge in [0.15, 0.2) is 11.6 Å². The van der Waals surface area contributed by atoms with Crippen molar-refractivity contribution in [1.82, 2.24) is 10.3 Å². The van der Waals surface area contributed by atoms with Crippen molar-refractivity contribution in [2.45, 2.75) is 26.3 Å². The van der Waals surface area contributed by atoms with Gasteiger partial charge in [-0.15, -0.1) is 11.3 Å². The number of hydrogen-bond donors (Lipinski definition) is 1. The van der Waals surface area contributed by atoms with Crippen molar-refractivity contribution in [2.24, 2.45) is 0 Å². The van der Waals surface area contributed by atoms with Gasteiger partial charge in [-0.2, -0.15) is 0 Å². The topological polar surface area (TPSA) is 51.2 Å². The number of aromatic nitrogens is 1. The van der Waals surface area contributed by atoms with E-state index in [1.54, 1.807) is 6.92 Å². The van der Waals surface area contributed by atoms with Gasteiger partial charge in [0.1, 0.15) is 10.8 Å². The molecule has 3 rings (SSSR count). The predicted molar refractivity (Wildman–Crippen MR) is 105 cm³/mol. The number of para-hydroxylation sites is 1. The number of nitrogens with zero attached hydrogens (tertiary/aromatic N) is 1. The highest BCUT2D eigenvalue weighted by molar-refractivity contribution is 7.13. The van der Waals surface area contributed by atoms with Crippen molar-refractivity contribution in [2.75, 3.05) is 6.61 Å². The van der Waals surface area contributed by atoms with E-state index in [9.17, 15) is 13.6 Å². The molecule has 4 nitrogen and oxygen atoms in total. The summed E-state index contributed by atoms with van der Waals surface area (Å²) in [5.41, 5.74) is 2.02. The SMILES string of the molecule is CCOc1ccccc1-c1nc(CC(=O)N[C@@H](C)c2ccc(F)c(F)c2)cs1. The fourth-order valence-corrected chi connectivity index (χ4v) is 3.61. The van der Waals surface area contributed by atoms with Gasteiger partial charge in [-0.05, 0) is 43.7 Å². The second kappa shape index (κ2) is 8.93. The predicted octanol–water partition coefficient (Wildman–Crippen LogP) is 4.91. The second-order valence-electron chi connectivity index (χ2n) is 6.21. The van der Waals surface area contributed by atoms with Crippen LogP contribution in [0.5, 0.6) is 5.75 Å². The fraction of sp³-hybridized carbons (Fsp3) is 0.238. The maximum atomic E-state index is 13.4. The third kappa shape index (κ3) is 4.72. The first-order chi connectivity index (χ1) is 13.5. The van der Waals surface area contributed by atoms with Gasteiger partial charge in [0.25, 0.3) is 0 Å². The number of carbonyl (C=O) groups is 1. The smallest absolute Gasteiger partial charge is 0.226 e. The van der Waals surface area contributed by atoms with Crippen LogP contribution in [-0.2, 0) is 11.2 Å². The van der Waals surface area contributed by atoms with Crippen molar-refractivity contribution in [1.29, 1.82) is 0 Å². The third-order valence-corrected chi connectivity index (χ3v) is 5.06. The van der Waals surface area contributed by atoms with Crippen LogP contribution in [0.15, 0.2) is 47.8 Å². The summed E-state index contributed by atoms with van der Waals surface area (Å²) in [7, 11) is 0. The molecule has 0 saturated heterocycles. The third-order valence-electron chi connectivity index (χ3n) is 4.13. The minimum absolute atomic E-state index is 0.0985. The van der Waals surface area contributed by atoms with E-state index in [1.165, 1.54) is 17.4 Å². The number of amides is 1. The number of rotatable bonds is 7. The standard InChI is InChI=1S/C21H20F2N2O2S/c1-3-27-19-7-5-4-6-16(19)21-25-15(12-28-21)11-20(26)24-13(2)14-8-9-17(22)18(23)10-14/h4-10,12-13H,3,11H2,1-2H3,(H,24,26)/t13-/m0/s1. The highest BCUT2D eigenvalue weighted by Crippen LogP contribution is 2.32. The van der Waals surface area contributed by atoms with E-state index in [1.807, 2.05) is 36.6 Å². The molecule has 0 unspecified atom stereocenters. The van der Waals surface area contributed by atoms with Crippen molar-refractivity contribution >= 4 is 17.2 Å². The first-order valence-electron chi connectivity index (χ1n) is 8.88. The van der Waals surface area contributed by atoms with E-state index in [4.69, 9.17) is 4.74 Å². The lowest BCUT2D eigenvalue weighted by Gasteiger charge is -2.14. The lowest BCUT2D eigenvalue weighted by molar-refractivity contribution is -0.121. The van der Waals surface area contributed by atoms with Crippen molar-refractivity contribution in [3.63, 3.8) is 0 Å². The zero-order valence-corrected chi connectivity index (χ0v) is 16.4. The molecule has 146 valence electrons. The van der Waals surface area contributed by atoms with E-state index in [2.05, 4.69) is 10.3 Å². The fourth-order valence-electron chi connectivity index (χ4n) is 2.76. The van der Waals surface area contributed by atoms with Gasteiger partial charge in [-0.25, -0.2) is 13.8 Å². The number of thiazole rings is 1. The van der Waals surface area contributed by atoms with Crippen LogP contribution in [0.3, 0.4) is 0 Å². The second-order valence-corrected chi connectivity index (χ2v) is 7.07. The van der Waals surface area contributed by atoms with Crippen LogP contribution in [0.4, 0.5) is 8.78 Å². The highest BCUT2D eigenvalue weighted by atomic mass is 32.1. The van der Waals surface area contributed by atoms with Crippen LogP contribution in [0.2, 0.25) is 0 Å². The van der Waals surface area contributed by atoms with Crippen LogP contribution in [-0.4, -0.2) is 17.5 Å². The largest absolute Gasteiger partial charge is 0.493 e. The quantitative estimate of drug-likeness (QED) is 0.611. The van der Waals surface area contributed by atoms with Crippen LogP contribution < -0.4 is 10.1 Å². The summed E-state index contributed by atoms with van der Waals surface area (Å²) >= 11 is 1.44. The Balaban J connectivity index is 1.66. The molecular weight excluding hydrogens is 382 g/mol. The molecule has 0 fully saturated rings. The van der Waals surface area contributed by atoms with E-state index in [0.717, 1.165) is 28.5 Å². The summed E-state index contributed by atoms with van der Waals surface area (Å²) in [6.45, 7) is 4.19. The number of carbonyl (C=O) groups excluding carboxylic acids is 1. The van der Waals surface area contributed by atoms with E-state index < -0.39 is 17.7 Å². The summed E-state index contributed by atoms with van der Waals surface area (Å²) in [6.07, 6.45) is 0.0985. The van der Waals surface area contributed by atoms with Gasteiger partial charge >= 0.3 is 0 Å². The minimum Gasteiger partial charge on any atom is -0.493 e. The summed E-state index contributed by atoms with van der Waals surface area (Å²) in [4.78, 5) is 16.9. The Morgan fingerprint density at radius 1 is 1.21 bits per heavy atom. The number of ether oxygens (including phenoxy) is 1. The molecule has 0 saturated carbocycles. The lowest BCUT2D eigenvalue weighted by Crippen LogP contribution is -2.28. The summed E-state index contributed by atoms with van der Waals surface area (Å²) in [6, 6.07) is 10.8. The zero-order chi connectivity index (χ0) is 20.1. The molecule has 0 aliphatic heterocycles. The summed E-state index contributed by atoms with van der Waals surface area (Å²) in [5, 5.41) is 5.40. The van der Waals surface area contributed by atoms with Crippen molar-refractivity contribution < 1.29 is 18.3 Å². The number of nitrogens with one attached hydrogen (secondary N) is 1. The molecule has 0 aliphatic rings. The molecule has 2 aromatic carbocycles. The minimum atomic E-state index is -0.935. The van der Waals surface area contributed by atoms with E-state index in [-0.39, 0.29) is 12.3 Å². The number of halogens is 2. The normalized spacial score (nSPS) is 11.9. The molecule has 1 aromatic heterocycles. The average molecular weight is 402 g/mol. The Kier molecular flexibility index (Phi) is 6.36. The van der Waals surface area contributed by atoms with Crippen LogP contribution >= 0.6 is 11.3 Å². The Hall–Kier alpha value is -2.80. The first-order valence-corrected chi connectivity index (χ1v) is 9.76. The maximum absolute atomic E-state index is 13.4. The summed E-state index contributed by atoms with van der Waals surface area (Å²) in [5.74, 6) is -1.34. The number of hydrogen-bond acceptors (Lipinski definition) is 4. The maximum Gasteiger partial charge on any atom is 0.226 e. The Morgan fingerprint density at radius 3 is 2.75 bits per heavy atom. The van der Waals surface area contributed by atoms with E-state index in [0.29, 0.717) is 17.9 Å². The zero-order valence-electron chi connectivity index (χ0n) is 15.5. The highest BCUT2D eigenvalue weighted by Gasteiger charge is 2.15. The monoisotopic (exact) mass is 402 g/mol. The van der Waals surface area contributed by atoms with Gasteiger partial charge in [-0.3, -0.25) is 4.79 Å². The molecule has 1 heterocycles. The first kappa shape index (κ1) is 19.9. The molecule has 0 radical (unpaired) electrons.